The van der Waals surface area contributed by atoms with Crippen LogP contribution >= 0.6 is 0 Å². The van der Waals surface area contributed by atoms with Crippen LogP contribution in [0.3, 0.4) is 0 Å². The van der Waals surface area contributed by atoms with Crippen molar-refractivity contribution in [3.05, 3.63) is 23.3 Å². The van der Waals surface area contributed by atoms with Gasteiger partial charge in [-0.15, -0.1) is 0 Å². The predicted molar refractivity (Wildman–Crippen MR) is 124 cm³/mol. The predicted octanol–water partition coefficient (Wildman–Crippen LogP) is -0.288. The molecule has 1 amide bonds. The van der Waals surface area contributed by atoms with E-state index >= 15 is 0 Å². The van der Waals surface area contributed by atoms with Crippen molar-refractivity contribution >= 4 is 11.7 Å². The topological polar surface area (TPSA) is 142 Å². The molecule has 2 saturated heterocycles. The lowest BCUT2D eigenvalue weighted by Crippen LogP contribution is -2.62. The summed E-state index contributed by atoms with van der Waals surface area (Å²) in [6.45, 7) is 0.224. The van der Waals surface area contributed by atoms with Gasteiger partial charge in [0.15, 0.2) is 23.9 Å². The monoisotopic (exact) mass is 523 g/mol. The molecule has 0 aliphatic carbocycles. The third-order valence-electron chi connectivity index (χ3n) is 7.66. The summed E-state index contributed by atoms with van der Waals surface area (Å²) in [5.41, 5.74) is 1.57. The molecule has 0 spiro atoms. The molecule has 0 radical (unpaired) electrons. The summed E-state index contributed by atoms with van der Waals surface area (Å²) in [5, 5.41) is 21.0. The quantitative estimate of drug-likeness (QED) is 0.508. The van der Waals surface area contributed by atoms with Gasteiger partial charge in [-0.25, -0.2) is 0 Å². The molecule has 204 valence electrons. The first-order valence-corrected chi connectivity index (χ1v) is 12.3. The lowest BCUT2D eigenvalue weighted by atomic mass is 9.86. The van der Waals surface area contributed by atoms with Crippen LogP contribution in [-0.2, 0) is 39.8 Å². The van der Waals surface area contributed by atoms with E-state index in [9.17, 15) is 19.8 Å². The third-order valence-corrected chi connectivity index (χ3v) is 7.66. The minimum Gasteiger partial charge on any atom is -0.454 e. The van der Waals surface area contributed by atoms with Crippen LogP contribution in [0, 0.1) is 0 Å². The third kappa shape index (κ3) is 4.71. The van der Waals surface area contributed by atoms with E-state index in [0.717, 1.165) is 11.1 Å². The highest BCUT2D eigenvalue weighted by molar-refractivity contribution is 5.90. The fraction of sp³-hybridized carbons (Fsp3) is 0.680. The van der Waals surface area contributed by atoms with E-state index in [-0.39, 0.29) is 32.1 Å². The van der Waals surface area contributed by atoms with Crippen LogP contribution in [0.15, 0.2) is 12.1 Å². The average molecular weight is 524 g/mol. The maximum absolute atomic E-state index is 13.6. The van der Waals surface area contributed by atoms with Crippen molar-refractivity contribution in [2.75, 3.05) is 41.3 Å². The van der Waals surface area contributed by atoms with Gasteiger partial charge in [0, 0.05) is 46.8 Å². The SMILES string of the molecule is CO[C@@H]1[C@@H](OC)[C@H](O[C@@H]2CC(=O)[C@H]3CCN(Cc4cc5c(cc43)OCO5)C(=O)[C@H]2O)O[C@H](CO)[C@H]1OC. The van der Waals surface area contributed by atoms with Gasteiger partial charge in [0.05, 0.1) is 6.61 Å². The van der Waals surface area contributed by atoms with Crippen LogP contribution in [0.5, 0.6) is 11.5 Å². The van der Waals surface area contributed by atoms with E-state index in [0.29, 0.717) is 24.5 Å². The van der Waals surface area contributed by atoms with Crippen molar-refractivity contribution in [2.24, 2.45) is 0 Å². The Labute approximate surface area is 214 Å². The summed E-state index contributed by atoms with van der Waals surface area (Å²) in [6, 6.07) is 3.62. The summed E-state index contributed by atoms with van der Waals surface area (Å²) in [4.78, 5) is 28.6. The molecule has 2 fully saturated rings. The molecular weight excluding hydrogens is 490 g/mol. The second kappa shape index (κ2) is 10.8. The number of aliphatic hydroxyl groups is 2. The molecule has 4 heterocycles. The van der Waals surface area contributed by atoms with Crippen LogP contribution in [0.2, 0.25) is 0 Å². The zero-order valence-corrected chi connectivity index (χ0v) is 21.0. The number of rotatable bonds is 6. The number of carbonyl (C=O) groups excluding carboxylic acids is 2. The van der Waals surface area contributed by atoms with E-state index < -0.39 is 54.7 Å². The van der Waals surface area contributed by atoms with Crippen molar-refractivity contribution in [1.82, 2.24) is 4.90 Å². The number of aliphatic hydroxyl groups excluding tert-OH is 2. The minimum atomic E-state index is -1.62. The Hall–Kier alpha value is -2.32. The molecular formula is C25H33NO11. The lowest BCUT2D eigenvalue weighted by molar-refractivity contribution is -0.325. The number of nitrogens with zero attached hydrogens (tertiary/aromatic N) is 1. The number of ether oxygens (including phenoxy) is 7. The van der Waals surface area contributed by atoms with Crippen LogP contribution in [0.25, 0.3) is 0 Å². The van der Waals surface area contributed by atoms with Gasteiger partial charge in [-0.2, -0.15) is 0 Å². The average Bonchev–Trinajstić information content (AvgIpc) is 3.29. The van der Waals surface area contributed by atoms with Gasteiger partial charge in [0.25, 0.3) is 5.91 Å². The first-order valence-electron chi connectivity index (χ1n) is 12.3. The van der Waals surface area contributed by atoms with Crippen molar-refractivity contribution in [3.63, 3.8) is 0 Å². The summed E-state index contributed by atoms with van der Waals surface area (Å²) >= 11 is 0. The molecule has 0 unspecified atom stereocenters. The van der Waals surface area contributed by atoms with Gasteiger partial charge >= 0.3 is 0 Å². The van der Waals surface area contributed by atoms with Crippen LogP contribution in [0.4, 0.5) is 0 Å². The Morgan fingerprint density at radius 3 is 2.41 bits per heavy atom. The van der Waals surface area contributed by atoms with E-state index in [2.05, 4.69) is 0 Å². The van der Waals surface area contributed by atoms with Gasteiger partial charge < -0.3 is 48.3 Å². The minimum absolute atomic E-state index is 0.0946. The normalized spacial score (nSPS) is 35.5. The van der Waals surface area contributed by atoms with Crippen molar-refractivity contribution in [1.29, 1.82) is 0 Å². The van der Waals surface area contributed by atoms with Gasteiger partial charge in [-0.05, 0) is 29.7 Å². The second-order valence-corrected chi connectivity index (χ2v) is 9.62. The number of carbonyl (C=O) groups is 2. The summed E-state index contributed by atoms with van der Waals surface area (Å²) < 4.78 is 39.7. The number of benzene rings is 1. The molecule has 12 heteroatoms. The van der Waals surface area contributed by atoms with Crippen LogP contribution < -0.4 is 9.47 Å². The molecule has 2 bridgehead atoms. The smallest absolute Gasteiger partial charge is 0.254 e. The summed E-state index contributed by atoms with van der Waals surface area (Å²) in [6.07, 6.45) is -6.75. The lowest BCUT2D eigenvalue weighted by Gasteiger charge is -2.45. The van der Waals surface area contributed by atoms with Crippen molar-refractivity contribution in [3.8, 4) is 11.5 Å². The van der Waals surface area contributed by atoms with Gasteiger partial charge in [-0.3, -0.25) is 9.59 Å². The number of Topliss-reactive ketones (excluding diaryl/α,β-unsaturated/α-hetero) is 1. The molecule has 12 nitrogen and oxygen atoms in total. The largest absolute Gasteiger partial charge is 0.454 e. The number of methoxy groups -OCH3 is 3. The zero-order valence-electron chi connectivity index (χ0n) is 21.0. The number of ketones is 1. The van der Waals surface area contributed by atoms with E-state index in [1.54, 1.807) is 6.07 Å². The second-order valence-electron chi connectivity index (χ2n) is 9.62. The van der Waals surface area contributed by atoms with Gasteiger partial charge in [-0.1, -0.05) is 0 Å². The highest BCUT2D eigenvalue weighted by atomic mass is 16.7. The number of hydrogen-bond acceptors (Lipinski definition) is 11. The molecule has 5 rings (SSSR count). The summed E-state index contributed by atoms with van der Waals surface area (Å²) in [5.74, 6) is -0.113. The fourth-order valence-corrected chi connectivity index (χ4v) is 5.74. The molecule has 4 aliphatic heterocycles. The highest BCUT2D eigenvalue weighted by Crippen LogP contribution is 2.42. The van der Waals surface area contributed by atoms with Gasteiger partial charge in [0.2, 0.25) is 6.79 Å². The van der Waals surface area contributed by atoms with Crippen LogP contribution in [0.1, 0.15) is 29.9 Å². The molecule has 1 aromatic carbocycles. The van der Waals surface area contributed by atoms with Crippen LogP contribution in [-0.4, -0.2) is 111 Å². The standard InChI is InChI=1S/C25H33NO11/c1-31-21-19(10-27)37-25(23(33-3)22(21)32-2)36-18-8-15(28)13-4-5-26(24(30)20(18)29)9-12-6-16-17(7-14(12)13)35-11-34-16/h6-7,13,18-23,25,27,29H,4-5,8-11H2,1-3H3/t13-,18+,19+,20-,21+,22-,23+,25+/m0/s1. The molecule has 37 heavy (non-hydrogen) atoms. The summed E-state index contributed by atoms with van der Waals surface area (Å²) in [7, 11) is 4.38. The van der Waals surface area contributed by atoms with Crippen molar-refractivity contribution < 1.29 is 53.0 Å². The highest BCUT2D eigenvalue weighted by Gasteiger charge is 2.50. The van der Waals surface area contributed by atoms with Crippen molar-refractivity contribution in [2.45, 2.75) is 68.2 Å². The molecule has 4 aliphatic rings. The Morgan fingerprint density at radius 1 is 1.03 bits per heavy atom. The molecule has 0 saturated carbocycles. The van der Waals surface area contributed by atoms with Gasteiger partial charge in [0.1, 0.15) is 36.3 Å². The molecule has 2 N–H and O–H groups in total. The molecule has 1 aromatic rings. The molecule has 0 aromatic heterocycles. The maximum atomic E-state index is 13.6. The Morgan fingerprint density at radius 2 is 1.73 bits per heavy atom. The number of hydrogen-bond donors (Lipinski definition) is 2. The number of fused-ring (bicyclic) bond motifs is 6. The first kappa shape index (κ1) is 26.3. The van der Waals surface area contributed by atoms with E-state index in [1.165, 1.54) is 26.2 Å². The van der Waals surface area contributed by atoms with E-state index in [4.69, 9.17) is 33.2 Å². The Balaban J connectivity index is 1.45. The first-order chi connectivity index (χ1) is 17.9. The Bertz CT molecular complexity index is 1020. The Kier molecular flexibility index (Phi) is 7.68. The van der Waals surface area contributed by atoms with E-state index in [1.807, 2.05) is 6.07 Å². The molecule has 8 atom stereocenters. The maximum Gasteiger partial charge on any atom is 0.254 e. The number of amides is 1. The zero-order chi connectivity index (χ0) is 26.3. The fourth-order valence-electron chi connectivity index (χ4n) is 5.74.